The van der Waals surface area contributed by atoms with Crippen molar-refractivity contribution in [3.8, 4) is 6.07 Å². The van der Waals surface area contributed by atoms with Crippen LogP contribution in [-0.4, -0.2) is 11.6 Å². The fraction of sp³-hybridized carbons (Fsp3) is 0.667. The van der Waals surface area contributed by atoms with E-state index in [9.17, 15) is 0 Å². The molecule has 1 heterocycles. The van der Waals surface area contributed by atoms with Gasteiger partial charge in [0.2, 0.25) is 0 Å². The first-order chi connectivity index (χ1) is 8.55. The fourth-order valence-electron chi connectivity index (χ4n) is 2.35. The van der Waals surface area contributed by atoms with Gasteiger partial charge >= 0.3 is 0 Å². The van der Waals surface area contributed by atoms with Crippen LogP contribution in [0.2, 0.25) is 0 Å². The lowest BCUT2D eigenvalue weighted by molar-refractivity contribution is 0.413. The summed E-state index contributed by atoms with van der Waals surface area (Å²) in [7, 11) is 2.04. The second kappa shape index (κ2) is 5.16. The van der Waals surface area contributed by atoms with Gasteiger partial charge in [-0.15, -0.1) is 0 Å². The third kappa shape index (κ3) is 3.14. The van der Waals surface area contributed by atoms with Crippen molar-refractivity contribution in [2.75, 3.05) is 7.05 Å². The molecule has 2 rings (SSSR count). The van der Waals surface area contributed by atoms with Gasteiger partial charge in [0.1, 0.15) is 0 Å². The highest BCUT2D eigenvalue weighted by Crippen LogP contribution is 2.40. The largest absolute Gasteiger partial charge is 0.354 e. The second-order valence-electron chi connectivity index (χ2n) is 6.03. The van der Waals surface area contributed by atoms with Crippen molar-refractivity contribution in [2.24, 2.45) is 11.3 Å². The number of hydrogen-bond acceptors (Lipinski definition) is 2. The minimum atomic E-state index is -0.233. The Kier molecular flexibility index (Phi) is 3.77. The van der Waals surface area contributed by atoms with Gasteiger partial charge in [0, 0.05) is 25.0 Å². The second-order valence-corrected chi connectivity index (χ2v) is 6.03. The van der Waals surface area contributed by atoms with Gasteiger partial charge in [-0.05, 0) is 57.7 Å². The summed E-state index contributed by atoms with van der Waals surface area (Å²) in [5, 5.41) is 12.4. The highest BCUT2D eigenvalue weighted by molar-refractivity contribution is 5.18. The number of aryl methyl sites for hydroxylation is 1. The smallest absolute Gasteiger partial charge is 0.0684 e. The molecule has 3 nitrogen and oxygen atoms in total. The molecule has 1 aromatic rings. The molecule has 1 unspecified atom stereocenters. The molecule has 98 valence electrons. The molecule has 1 aromatic heterocycles. The Balaban J connectivity index is 1.96. The van der Waals surface area contributed by atoms with Crippen LogP contribution in [0.1, 0.15) is 44.7 Å². The fourth-order valence-corrected chi connectivity index (χ4v) is 2.35. The number of nitrogens with zero attached hydrogens (tertiary/aromatic N) is 2. The van der Waals surface area contributed by atoms with E-state index in [0.29, 0.717) is 6.04 Å². The standard InChI is InChI=1S/C15H23N3/c1-15(2,11-16)7-9-18-8-6-13(10-18)14(17-3)12-4-5-12/h6,8,10,12,14,17H,4-5,7,9H2,1-3H3. The molecule has 0 aromatic carbocycles. The molecule has 18 heavy (non-hydrogen) atoms. The van der Waals surface area contributed by atoms with Gasteiger partial charge in [0.05, 0.1) is 11.5 Å². The van der Waals surface area contributed by atoms with Gasteiger partial charge in [0.25, 0.3) is 0 Å². The first kappa shape index (κ1) is 13.2. The Bertz CT molecular complexity index is 435. The van der Waals surface area contributed by atoms with E-state index in [-0.39, 0.29) is 5.41 Å². The molecule has 0 saturated heterocycles. The summed E-state index contributed by atoms with van der Waals surface area (Å²) in [6.07, 6.45) is 7.95. The quantitative estimate of drug-likeness (QED) is 0.836. The number of hydrogen-bond donors (Lipinski definition) is 1. The van der Waals surface area contributed by atoms with Crippen LogP contribution in [0.4, 0.5) is 0 Å². The van der Waals surface area contributed by atoms with Crippen LogP contribution >= 0.6 is 0 Å². The van der Waals surface area contributed by atoms with Crippen LogP contribution in [0.15, 0.2) is 18.5 Å². The van der Waals surface area contributed by atoms with Gasteiger partial charge in [-0.3, -0.25) is 0 Å². The average molecular weight is 245 g/mol. The van der Waals surface area contributed by atoms with Gasteiger partial charge < -0.3 is 9.88 Å². The number of nitriles is 1. The van der Waals surface area contributed by atoms with Gasteiger partial charge in [-0.25, -0.2) is 0 Å². The van der Waals surface area contributed by atoms with Crippen molar-refractivity contribution in [2.45, 2.75) is 45.7 Å². The lowest BCUT2D eigenvalue weighted by Crippen LogP contribution is -2.17. The van der Waals surface area contributed by atoms with Crippen molar-refractivity contribution in [1.29, 1.82) is 5.26 Å². The van der Waals surface area contributed by atoms with Gasteiger partial charge in [0.15, 0.2) is 0 Å². The summed E-state index contributed by atoms with van der Waals surface area (Å²) >= 11 is 0. The van der Waals surface area contributed by atoms with E-state index in [1.807, 2.05) is 20.9 Å². The normalized spacial score (nSPS) is 17.4. The first-order valence-electron chi connectivity index (χ1n) is 6.80. The molecular formula is C15H23N3. The third-order valence-corrected chi connectivity index (χ3v) is 3.83. The third-order valence-electron chi connectivity index (χ3n) is 3.83. The van der Waals surface area contributed by atoms with Crippen molar-refractivity contribution in [3.63, 3.8) is 0 Å². The summed E-state index contributed by atoms with van der Waals surface area (Å²) in [5.74, 6) is 0.821. The molecule has 0 spiro atoms. The van der Waals surface area contributed by atoms with Crippen LogP contribution in [0.5, 0.6) is 0 Å². The highest BCUT2D eigenvalue weighted by atomic mass is 15.0. The minimum absolute atomic E-state index is 0.233. The van der Waals surface area contributed by atoms with E-state index in [4.69, 9.17) is 5.26 Å². The molecule has 1 N–H and O–H groups in total. The highest BCUT2D eigenvalue weighted by Gasteiger charge is 2.31. The van der Waals surface area contributed by atoms with Crippen molar-refractivity contribution >= 4 is 0 Å². The Hall–Kier alpha value is -1.27. The summed E-state index contributed by atoms with van der Waals surface area (Å²) < 4.78 is 2.21. The predicted molar refractivity (Wildman–Crippen MR) is 73.0 cm³/mol. The molecule has 1 saturated carbocycles. The maximum atomic E-state index is 9.02. The molecular weight excluding hydrogens is 222 g/mol. The van der Waals surface area contributed by atoms with Gasteiger partial charge in [-0.2, -0.15) is 5.26 Å². The molecule has 1 aliphatic rings. The average Bonchev–Trinajstić information content (AvgIpc) is 3.07. The molecule has 0 aliphatic heterocycles. The number of nitrogens with one attached hydrogen (secondary N) is 1. The molecule has 1 atom stereocenters. The maximum absolute atomic E-state index is 9.02. The van der Waals surface area contributed by atoms with Gasteiger partial charge in [-0.1, -0.05) is 0 Å². The van der Waals surface area contributed by atoms with Crippen LogP contribution in [-0.2, 0) is 6.54 Å². The Morgan fingerprint density at radius 3 is 2.83 bits per heavy atom. The Morgan fingerprint density at radius 1 is 1.56 bits per heavy atom. The van der Waals surface area contributed by atoms with Crippen LogP contribution < -0.4 is 5.32 Å². The van der Waals surface area contributed by atoms with E-state index >= 15 is 0 Å². The minimum Gasteiger partial charge on any atom is -0.354 e. The lowest BCUT2D eigenvalue weighted by Gasteiger charge is -2.16. The Morgan fingerprint density at radius 2 is 2.28 bits per heavy atom. The van der Waals surface area contributed by atoms with E-state index in [2.05, 4.69) is 34.4 Å². The first-order valence-corrected chi connectivity index (χ1v) is 6.80. The lowest BCUT2D eigenvalue weighted by atomic mass is 9.91. The summed E-state index contributed by atoms with van der Waals surface area (Å²) in [6.45, 7) is 4.91. The number of rotatable bonds is 6. The molecule has 0 radical (unpaired) electrons. The van der Waals surface area contributed by atoms with E-state index < -0.39 is 0 Å². The molecule has 0 bridgehead atoms. The van der Waals surface area contributed by atoms with Crippen LogP contribution in [0.25, 0.3) is 0 Å². The SMILES string of the molecule is CNC(c1ccn(CCC(C)(C)C#N)c1)C1CC1. The molecule has 3 heteroatoms. The van der Waals surface area contributed by atoms with E-state index in [0.717, 1.165) is 18.9 Å². The van der Waals surface area contributed by atoms with Crippen molar-refractivity contribution in [1.82, 2.24) is 9.88 Å². The van der Waals surface area contributed by atoms with E-state index in [1.165, 1.54) is 18.4 Å². The van der Waals surface area contributed by atoms with Crippen molar-refractivity contribution in [3.05, 3.63) is 24.0 Å². The Labute approximate surface area is 110 Å². The van der Waals surface area contributed by atoms with Crippen molar-refractivity contribution < 1.29 is 0 Å². The molecule has 0 amide bonds. The molecule has 1 aliphatic carbocycles. The monoisotopic (exact) mass is 245 g/mol. The van der Waals surface area contributed by atoms with Crippen LogP contribution in [0, 0.1) is 22.7 Å². The zero-order valence-electron chi connectivity index (χ0n) is 11.6. The predicted octanol–water partition coefficient (Wildman–Crippen LogP) is 3.10. The summed E-state index contributed by atoms with van der Waals surface area (Å²) in [5.41, 5.74) is 1.15. The zero-order chi connectivity index (χ0) is 13.2. The van der Waals surface area contributed by atoms with Crippen LogP contribution in [0.3, 0.4) is 0 Å². The molecule has 1 fully saturated rings. The maximum Gasteiger partial charge on any atom is 0.0684 e. The summed E-state index contributed by atoms with van der Waals surface area (Å²) in [4.78, 5) is 0. The topological polar surface area (TPSA) is 40.8 Å². The number of aromatic nitrogens is 1. The summed E-state index contributed by atoms with van der Waals surface area (Å²) in [6, 6.07) is 5.07. The zero-order valence-corrected chi connectivity index (χ0v) is 11.6. The van der Waals surface area contributed by atoms with E-state index in [1.54, 1.807) is 0 Å².